The maximum absolute atomic E-state index is 12.5. The predicted octanol–water partition coefficient (Wildman–Crippen LogP) is 3.64. The highest BCUT2D eigenvalue weighted by Gasteiger charge is 2.28. The minimum atomic E-state index is 0.0376. The van der Waals surface area contributed by atoms with E-state index < -0.39 is 0 Å². The van der Waals surface area contributed by atoms with Crippen molar-refractivity contribution in [2.75, 3.05) is 7.11 Å². The SMILES string of the molecule is CON=Cc1cc(Br)cc2c1C(=O)c1ccccc1-2. The van der Waals surface area contributed by atoms with Gasteiger partial charge in [-0.3, -0.25) is 4.79 Å². The molecule has 0 N–H and O–H groups in total. The molecule has 0 heterocycles. The smallest absolute Gasteiger partial charge is 0.194 e. The van der Waals surface area contributed by atoms with Gasteiger partial charge >= 0.3 is 0 Å². The molecule has 0 bridgehead atoms. The third kappa shape index (κ3) is 1.88. The lowest BCUT2D eigenvalue weighted by molar-refractivity contribution is 0.104. The fourth-order valence-electron chi connectivity index (χ4n) is 2.36. The van der Waals surface area contributed by atoms with Crippen LogP contribution in [0, 0.1) is 0 Å². The Balaban J connectivity index is 2.29. The number of rotatable bonds is 2. The second-order valence-electron chi connectivity index (χ2n) is 4.21. The summed E-state index contributed by atoms with van der Waals surface area (Å²) in [4.78, 5) is 17.2. The first-order valence-electron chi connectivity index (χ1n) is 5.76. The molecule has 0 atom stereocenters. The molecule has 19 heavy (non-hydrogen) atoms. The van der Waals surface area contributed by atoms with Crippen molar-refractivity contribution in [1.29, 1.82) is 0 Å². The molecule has 2 aromatic rings. The van der Waals surface area contributed by atoms with Gasteiger partial charge in [-0.1, -0.05) is 45.4 Å². The molecule has 3 nitrogen and oxygen atoms in total. The molecule has 0 aromatic heterocycles. The van der Waals surface area contributed by atoms with Crippen LogP contribution in [0.4, 0.5) is 0 Å². The minimum absolute atomic E-state index is 0.0376. The van der Waals surface area contributed by atoms with E-state index >= 15 is 0 Å². The maximum atomic E-state index is 12.5. The Morgan fingerprint density at radius 1 is 1.16 bits per heavy atom. The summed E-state index contributed by atoms with van der Waals surface area (Å²) in [5.41, 5.74) is 4.09. The molecule has 3 rings (SSSR count). The summed E-state index contributed by atoms with van der Waals surface area (Å²) in [5, 5.41) is 3.76. The molecule has 0 unspecified atom stereocenters. The molecule has 0 radical (unpaired) electrons. The van der Waals surface area contributed by atoms with Crippen molar-refractivity contribution >= 4 is 27.9 Å². The highest BCUT2D eigenvalue weighted by atomic mass is 79.9. The third-order valence-electron chi connectivity index (χ3n) is 3.12. The van der Waals surface area contributed by atoms with Gasteiger partial charge in [-0.2, -0.15) is 0 Å². The number of oxime groups is 1. The molecule has 0 saturated carbocycles. The average Bonchev–Trinajstić information content (AvgIpc) is 2.70. The van der Waals surface area contributed by atoms with Crippen molar-refractivity contribution in [2.24, 2.45) is 5.16 Å². The Morgan fingerprint density at radius 3 is 2.63 bits per heavy atom. The number of halogens is 1. The van der Waals surface area contributed by atoms with E-state index in [4.69, 9.17) is 4.84 Å². The van der Waals surface area contributed by atoms with Crippen molar-refractivity contribution < 1.29 is 9.63 Å². The summed E-state index contributed by atoms with van der Waals surface area (Å²) in [6.45, 7) is 0. The Hall–Kier alpha value is -1.94. The van der Waals surface area contributed by atoms with E-state index in [1.807, 2.05) is 36.4 Å². The number of hydrogen-bond donors (Lipinski definition) is 0. The van der Waals surface area contributed by atoms with Crippen molar-refractivity contribution in [2.45, 2.75) is 0 Å². The molecule has 1 aliphatic carbocycles. The van der Waals surface area contributed by atoms with Gasteiger partial charge in [0, 0.05) is 21.2 Å². The van der Waals surface area contributed by atoms with Crippen LogP contribution in [0.5, 0.6) is 0 Å². The number of fused-ring (bicyclic) bond motifs is 3. The molecule has 94 valence electrons. The molecule has 0 fully saturated rings. The van der Waals surface area contributed by atoms with Gasteiger partial charge in [0.15, 0.2) is 5.78 Å². The highest BCUT2D eigenvalue weighted by Crippen LogP contribution is 2.39. The molecule has 1 aliphatic rings. The van der Waals surface area contributed by atoms with E-state index in [1.165, 1.54) is 7.11 Å². The molecule has 0 spiro atoms. The first-order valence-corrected chi connectivity index (χ1v) is 6.56. The summed E-state index contributed by atoms with van der Waals surface area (Å²) in [6.07, 6.45) is 1.56. The Kier molecular flexibility index (Phi) is 2.95. The van der Waals surface area contributed by atoms with Crippen LogP contribution in [-0.4, -0.2) is 19.1 Å². The molecular weight excluding hydrogens is 306 g/mol. The first-order chi connectivity index (χ1) is 9.22. The fraction of sp³-hybridized carbons (Fsp3) is 0.0667. The lowest BCUT2D eigenvalue weighted by Gasteiger charge is -2.04. The predicted molar refractivity (Wildman–Crippen MR) is 77.6 cm³/mol. The molecule has 0 saturated heterocycles. The normalized spacial score (nSPS) is 12.6. The highest BCUT2D eigenvalue weighted by molar-refractivity contribution is 9.10. The van der Waals surface area contributed by atoms with Gasteiger partial charge in [0.2, 0.25) is 0 Å². The molecule has 2 aromatic carbocycles. The van der Waals surface area contributed by atoms with E-state index in [9.17, 15) is 4.79 Å². The molecule has 0 aliphatic heterocycles. The van der Waals surface area contributed by atoms with Crippen LogP contribution in [0.15, 0.2) is 46.0 Å². The summed E-state index contributed by atoms with van der Waals surface area (Å²) in [5.74, 6) is 0.0376. The van der Waals surface area contributed by atoms with Crippen molar-refractivity contribution in [1.82, 2.24) is 0 Å². The minimum Gasteiger partial charge on any atom is -0.399 e. The Bertz CT molecular complexity index is 707. The zero-order valence-corrected chi connectivity index (χ0v) is 11.8. The first kappa shape index (κ1) is 12.1. The van der Waals surface area contributed by atoms with E-state index in [2.05, 4.69) is 21.1 Å². The van der Waals surface area contributed by atoms with Gasteiger partial charge in [0.25, 0.3) is 0 Å². The van der Waals surface area contributed by atoms with E-state index in [0.29, 0.717) is 5.56 Å². The number of carbonyl (C=O) groups is 1. The number of nitrogens with zero attached hydrogens (tertiary/aromatic N) is 1. The Morgan fingerprint density at radius 2 is 1.89 bits per heavy atom. The van der Waals surface area contributed by atoms with Gasteiger partial charge in [-0.25, -0.2) is 0 Å². The van der Waals surface area contributed by atoms with Crippen LogP contribution in [0.3, 0.4) is 0 Å². The average molecular weight is 316 g/mol. The molecular formula is C15H10BrNO2. The van der Waals surface area contributed by atoms with Gasteiger partial charge < -0.3 is 4.84 Å². The zero-order valence-electron chi connectivity index (χ0n) is 10.2. The van der Waals surface area contributed by atoms with Crippen LogP contribution in [-0.2, 0) is 4.84 Å². The second kappa shape index (κ2) is 4.63. The van der Waals surface area contributed by atoms with Crippen molar-refractivity contribution in [3.63, 3.8) is 0 Å². The second-order valence-corrected chi connectivity index (χ2v) is 5.13. The lowest BCUT2D eigenvalue weighted by Crippen LogP contribution is -2.00. The Labute approximate surface area is 119 Å². The van der Waals surface area contributed by atoms with Crippen LogP contribution in [0.1, 0.15) is 21.5 Å². The van der Waals surface area contributed by atoms with Crippen LogP contribution >= 0.6 is 15.9 Å². The number of carbonyl (C=O) groups excluding carboxylic acids is 1. The van der Waals surface area contributed by atoms with Crippen LogP contribution in [0.25, 0.3) is 11.1 Å². The van der Waals surface area contributed by atoms with E-state index in [0.717, 1.165) is 26.7 Å². The van der Waals surface area contributed by atoms with E-state index in [1.54, 1.807) is 6.21 Å². The standard InChI is InChI=1S/C15H10BrNO2/c1-19-17-8-9-6-10(16)7-13-11-4-2-3-5-12(11)15(18)14(9)13/h2-8H,1H3. The monoisotopic (exact) mass is 315 g/mol. The van der Waals surface area contributed by atoms with Gasteiger partial charge in [0.1, 0.15) is 7.11 Å². The third-order valence-corrected chi connectivity index (χ3v) is 3.58. The molecule has 0 amide bonds. The van der Waals surface area contributed by atoms with Gasteiger partial charge in [-0.05, 0) is 23.3 Å². The van der Waals surface area contributed by atoms with Gasteiger partial charge in [-0.15, -0.1) is 0 Å². The van der Waals surface area contributed by atoms with Gasteiger partial charge in [0.05, 0.1) is 6.21 Å². The maximum Gasteiger partial charge on any atom is 0.194 e. The van der Waals surface area contributed by atoms with Crippen molar-refractivity contribution in [3.8, 4) is 11.1 Å². The lowest BCUT2D eigenvalue weighted by atomic mass is 10.0. The fourth-order valence-corrected chi connectivity index (χ4v) is 2.83. The van der Waals surface area contributed by atoms with E-state index in [-0.39, 0.29) is 5.78 Å². The number of ketones is 1. The zero-order chi connectivity index (χ0) is 13.4. The largest absolute Gasteiger partial charge is 0.399 e. The molecule has 4 heteroatoms. The van der Waals surface area contributed by atoms with Crippen molar-refractivity contribution in [3.05, 3.63) is 57.6 Å². The topological polar surface area (TPSA) is 38.7 Å². The number of hydrogen-bond acceptors (Lipinski definition) is 3. The quantitative estimate of drug-likeness (QED) is 0.535. The summed E-state index contributed by atoms with van der Waals surface area (Å²) < 4.78 is 0.910. The summed E-state index contributed by atoms with van der Waals surface area (Å²) >= 11 is 3.47. The summed E-state index contributed by atoms with van der Waals surface area (Å²) in [6, 6.07) is 11.4. The van der Waals surface area contributed by atoms with Crippen LogP contribution in [0.2, 0.25) is 0 Å². The van der Waals surface area contributed by atoms with Crippen LogP contribution < -0.4 is 0 Å². The summed E-state index contributed by atoms with van der Waals surface area (Å²) in [7, 11) is 1.48. The number of benzene rings is 2.